The third-order valence-corrected chi connectivity index (χ3v) is 3.82. The lowest BCUT2D eigenvalue weighted by Crippen LogP contribution is -2.27. The molecule has 5 nitrogen and oxygen atoms in total. The van der Waals surface area contributed by atoms with Gasteiger partial charge in [0.05, 0.1) is 0 Å². The van der Waals surface area contributed by atoms with Crippen LogP contribution in [0.2, 0.25) is 0 Å². The summed E-state index contributed by atoms with van der Waals surface area (Å²) in [4.78, 5) is 24.0. The highest BCUT2D eigenvalue weighted by Crippen LogP contribution is 2.26. The fourth-order valence-corrected chi connectivity index (χ4v) is 1.99. The van der Waals surface area contributed by atoms with Crippen molar-refractivity contribution in [2.75, 3.05) is 10.6 Å². The van der Waals surface area contributed by atoms with Crippen LogP contribution in [0.25, 0.3) is 0 Å². The quantitative estimate of drug-likeness (QED) is 0.754. The van der Waals surface area contributed by atoms with Crippen LogP contribution in [-0.2, 0) is 9.59 Å². The van der Waals surface area contributed by atoms with Crippen LogP contribution in [0, 0.1) is 10.8 Å². The minimum atomic E-state index is -0.445. The average Bonchev–Trinajstić information content (AvgIpc) is 2.56. The van der Waals surface area contributed by atoms with Crippen molar-refractivity contribution < 1.29 is 14.3 Å². The minimum absolute atomic E-state index is 0.0379. The molecule has 0 atom stereocenters. The van der Waals surface area contributed by atoms with Gasteiger partial charge >= 0.3 is 0 Å². The molecule has 0 aromatic heterocycles. The standard InChI is InChI=1S/C22H28N2O3/c1-21(2,3)19(25)23-15-7-11-17(12-8-15)27-18-13-9-16(10-14-18)24-20(26)22(4,5)6/h7-14H,1-6H3,(H,23,25)(H,24,26). The van der Waals surface area contributed by atoms with Crippen molar-refractivity contribution in [3.05, 3.63) is 48.5 Å². The molecule has 2 amide bonds. The zero-order chi connectivity index (χ0) is 20.2. The number of ether oxygens (including phenoxy) is 1. The van der Waals surface area contributed by atoms with Crippen molar-refractivity contribution in [2.45, 2.75) is 41.5 Å². The SMILES string of the molecule is CC(C)(C)C(=O)Nc1ccc(Oc2ccc(NC(=O)C(C)(C)C)cc2)cc1. The average molecular weight is 368 g/mol. The highest BCUT2D eigenvalue weighted by Gasteiger charge is 2.21. The van der Waals surface area contributed by atoms with Gasteiger partial charge in [0.25, 0.3) is 0 Å². The summed E-state index contributed by atoms with van der Waals surface area (Å²) in [5.41, 5.74) is 0.559. The van der Waals surface area contributed by atoms with E-state index in [4.69, 9.17) is 4.74 Å². The molecule has 0 heterocycles. The summed E-state index contributed by atoms with van der Waals surface area (Å²) in [6, 6.07) is 14.4. The maximum Gasteiger partial charge on any atom is 0.229 e. The van der Waals surface area contributed by atoms with Gasteiger partial charge in [0.15, 0.2) is 0 Å². The third-order valence-electron chi connectivity index (χ3n) is 3.82. The summed E-state index contributed by atoms with van der Waals surface area (Å²) < 4.78 is 5.81. The number of carbonyl (C=O) groups is 2. The molecule has 5 heteroatoms. The third kappa shape index (κ3) is 6.13. The number of carbonyl (C=O) groups excluding carboxylic acids is 2. The van der Waals surface area contributed by atoms with Gasteiger partial charge in [-0.25, -0.2) is 0 Å². The number of amides is 2. The zero-order valence-corrected chi connectivity index (χ0v) is 16.8. The van der Waals surface area contributed by atoms with Gasteiger partial charge < -0.3 is 15.4 Å². The molecule has 0 unspecified atom stereocenters. The number of nitrogens with one attached hydrogen (secondary N) is 2. The van der Waals surface area contributed by atoms with Gasteiger partial charge in [-0.3, -0.25) is 9.59 Å². The Labute approximate surface area is 161 Å². The molecule has 2 aromatic rings. The van der Waals surface area contributed by atoms with Crippen molar-refractivity contribution >= 4 is 23.2 Å². The van der Waals surface area contributed by atoms with Crippen LogP contribution in [0.4, 0.5) is 11.4 Å². The first kappa shape index (κ1) is 20.5. The summed E-state index contributed by atoms with van der Waals surface area (Å²) in [7, 11) is 0. The van der Waals surface area contributed by atoms with Crippen molar-refractivity contribution in [2.24, 2.45) is 10.8 Å². The van der Waals surface area contributed by atoms with Crippen LogP contribution in [0.3, 0.4) is 0 Å². The molecule has 144 valence electrons. The molecular formula is C22H28N2O3. The van der Waals surface area contributed by atoms with E-state index in [2.05, 4.69) is 10.6 Å². The maximum absolute atomic E-state index is 12.0. The molecule has 0 saturated carbocycles. The molecule has 0 aliphatic carbocycles. The predicted octanol–water partition coefficient (Wildman–Crippen LogP) is 5.45. The predicted molar refractivity (Wildman–Crippen MR) is 109 cm³/mol. The molecular weight excluding hydrogens is 340 g/mol. The van der Waals surface area contributed by atoms with E-state index in [1.165, 1.54) is 0 Å². The first-order valence-electron chi connectivity index (χ1n) is 8.96. The highest BCUT2D eigenvalue weighted by molar-refractivity contribution is 5.95. The number of hydrogen-bond acceptors (Lipinski definition) is 3. The molecule has 0 aliphatic rings. The monoisotopic (exact) mass is 368 g/mol. The first-order chi connectivity index (χ1) is 12.4. The Morgan fingerprint density at radius 3 is 1.19 bits per heavy atom. The molecule has 0 saturated heterocycles. The van der Waals surface area contributed by atoms with Crippen LogP contribution in [0.1, 0.15) is 41.5 Å². The topological polar surface area (TPSA) is 67.4 Å². The second kappa shape index (κ2) is 7.82. The fourth-order valence-electron chi connectivity index (χ4n) is 1.99. The molecule has 0 bridgehead atoms. The van der Waals surface area contributed by atoms with Gasteiger partial charge in [0, 0.05) is 22.2 Å². The van der Waals surface area contributed by atoms with Crippen LogP contribution in [0.5, 0.6) is 11.5 Å². The van der Waals surface area contributed by atoms with E-state index in [-0.39, 0.29) is 11.8 Å². The molecule has 0 radical (unpaired) electrons. The van der Waals surface area contributed by atoms with Crippen LogP contribution in [0.15, 0.2) is 48.5 Å². The largest absolute Gasteiger partial charge is 0.457 e. The molecule has 27 heavy (non-hydrogen) atoms. The second-order valence-electron chi connectivity index (χ2n) is 8.56. The van der Waals surface area contributed by atoms with E-state index in [0.29, 0.717) is 11.5 Å². The number of anilines is 2. The lowest BCUT2D eigenvalue weighted by Gasteiger charge is -2.18. The van der Waals surface area contributed by atoms with E-state index in [1.54, 1.807) is 48.5 Å². The van der Waals surface area contributed by atoms with Gasteiger partial charge in [0.2, 0.25) is 11.8 Å². The summed E-state index contributed by atoms with van der Waals surface area (Å²) >= 11 is 0. The number of benzene rings is 2. The van der Waals surface area contributed by atoms with E-state index in [0.717, 1.165) is 11.4 Å². The summed E-state index contributed by atoms with van der Waals surface area (Å²) in [6.07, 6.45) is 0. The van der Waals surface area contributed by atoms with E-state index < -0.39 is 10.8 Å². The normalized spacial score (nSPS) is 11.6. The van der Waals surface area contributed by atoms with Crippen LogP contribution >= 0.6 is 0 Å². The first-order valence-corrected chi connectivity index (χ1v) is 8.96. The van der Waals surface area contributed by atoms with Gasteiger partial charge in [-0.15, -0.1) is 0 Å². The molecule has 2 N–H and O–H groups in total. The zero-order valence-electron chi connectivity index (χ0n) is 16.8. The molecule has 0 fully saturated rings. The second-order valence-corrected chi connectivity index (χ2v) is 8.56. The van der Waals surface area contributed by atoms with Crippen LogP contribution < -0.4 is 15.4 Å². The summed E-state index contributed by atoms with van der Waals surface area (Å²) in [5.74, 6) is 1.25. The van der Waals surface area contributed by atoms with Gasteiger partial charge in [-0.1, -0.05) is 41.5 Å². The Morgan fingerprint density at radius 1 is 0.630 bits per heavy atom. The number of rotatable bonds is 4. The lowest BCUT2D eigenvalue weighted by molar-refractivity contribution is -0.123. The van der Waals surface area contributed by atoms with Crippen molar-refractivity contribution in [1.82, 2.24) is 0 Å². The van der Waals surface area contributed by atoms with Gasteiger partial charge in [0.1, 0.15) is 11.5 Å². The summed E-state index contributed by atoms with van der Waals surface area (Å²) in [6.45, 7) is 11.2. The van der Waals surface area contributed by atoms with Crippen molar-refractivity contribution in [1.29, 1.82) is 0 Å². The smallest absolute Gasteiger partial charge is 0.229 e. The fraction of sp³-hybridized carbons (Fsp3) is 0.364. The van der Waals surface area contributed by atoms with E-state index >= 15 is 0 Å². The lowest BCUT2D eigenvalue weighted by atomic mass is 9.95. The Kier molecular flexibility index (Phi) is 5.94. The minimum Gasteiger partial charge on any atom is -0.457 e. The van der Waals surface area contributed by atoms with Crippen molar-refractivity contribution in [3.63, 3.8) is 0 Å². The van der Waals surface area contributed by atoms with Crippen molar-refractivity contribution in [3.8, 4) is 11.5 Å². The molecule has 0 spiro atoms. The Hall–Kier alpha value is -2.82. The van der Waals surface area contributed by atoms with E-state index in [1.807, 2.05) is 41.5 Å². The Balaban J connectivity index is 1.97. The van der Waals surface area contributed by atoms with Crippen LogP contribution in [-0.4, -0.2) is 11.8 Å². The summed E-state index contributed by atoms with van der Waals surface area (Å²) in [5, 5.41) is 5.75. The Morgan fingerprint density at radius 2 is 0.926 bits per heavy atom. The Bertz CT molecular complexity index is 726. The molecule has 2 aromatic carbocycles. The van der Waals surface area contributed by atoms with E-state index in [9.17, 15) is 9.59 Å². The maximum atomic E-state index is 12.0. The molecule has 0 aliphatic heterocycles. The van der Waals surface area contributed by atoms with Gasteiger partial charge in [-0.2, -0.15) is 0 Å². The highest BCUT2D eigenvalue weighted by atomic mass is 16.5. The number of hydrogen-bond donors (Lipinski definition) is 2. The van der Waals surface area contributed by atoms with Gasteiger partial charge in [-0.05, 0) is 48.5 Å². The molecule has 2 rings (SSSR count).